The molecule has 1 aromatic carbocycles. The maximum Gasteiger partial charge on any atom is 0.242 e. The second kappa shape index (κ2) is 9.95. The van der Waals surface area contributed by atoms with Crippen LogP contribution in [0.15, 0.2) is 17.0 Å². The van der Waals surface area contributed by atoms with Crippen molar-refractivity contribution in [2.45, 2.75) is 18.7 Å². The van der Waals surface area contributed by atoms with Gasteiger partial charge >= 0.3 is 0 Å². The smallest absolute Gasteiger partial charge is 0.242 e. The Labute approximate surface area is 150 Å². The molecule has 1 amide bonds. The molecular formula is C15H26ClN3O4S. The van der Waals surface area contributed by atoms with Crippen molar-refractivity contribution in [3.8, 4) is 0 Å². The predicted octanol–water partition coefficient (Wildman–Crippen LogP) is 1.15. The molecule has 2 N–H and O–H groups in total. The van der Waals surface area contributed by atoms with E-state index >= 15 is 0 Å². The van der Waals surface area contributed by atoms with Crippen molar-refractivity contribution in [3.63, 3.8) is 0 Å². The van der Waals surface area contributed by atoms with E-state index in [-0.39, 0.29) is 29.8 Å². The Morgan fingerprint density at radius 3 is 2.42 bits per heavy atom. The Balaban J connectivity index is 0.00000529. The molecule has 0 aliphatic heterocycles. The summed E-state index contributed by atoms with van der Waals surface area (Å²) in [6.45, 7) is 4.87. The Kier molecular flexibility index (Phi) is 9.46. The zero-order valence-electron chi connectivity index (χ0n) is 14.7. The van der Waals surface area contributed by atoms with E-state index in [2.05, 4.69) is 10.6 Å². The van der Waals surface area contributed by atoms with Crippen LogP contribution in [0.5, 0.6) is 0 Å². The minimum absolute atomic E-state index is 0. The number of carbonyl (C=O) groups excluding carboxylic acids is 1. The summed E-state index contributed by atoms with van der Waals surface area (Å²) < 4.78 is 30.6. The molecule has 138 valence electrons. The van der Waals surface area contributed by atoms with Crippen molar-refractivity contribution in [3.05, 3.63) is 23.3 Å². The molecule has 0 saturated heterocycles. The van der Waals surface area contributed by atoms with Gasteiger partial charge in [-0.2, -0.15) is 0 Å². The molecule has 0 aliphatic carbocycles. The van der Waals surface area contributed by atoms with E-state index in [1.165, 1.54) is 20.2 Å². The van der Waals surface area contributed by atoms with Crippen LogP contribution in [0.25, 0.3) is 0 Å². The number of hydrogen-bond donors (Lipinski definition) is 2. The minimum Gasteiger partial charge on any atom is -0.383 e. The van der Waals surface area contributed by atoms with Crippen LogP contribution in [0, 0.1) is 13.8 Å². The number of sulfonamides is 1. The first-order valence-electron chi connectivity index (χ1n) is 7.23. The number of carbonyl (C=O) groups is 1. The molecule has 0 spiro atoms. The number of methoxy groups -OCH3 is 1. The van der Waals surface area contributed by atoms with Crippen molar-refractivity contribution >= 4 is 34.0 Å². The summed E-state index contributed by atoms with van der Waals surface area (Å²) >= 11 is 0. The van der Waals surface area contributed by atoms with Crippen LogP contribution >= 0.6 is 12.4 Å². The van der Waals surface area contributed by atoms with Crippen LogP contribution in [0.2, 0.25) is 0 Å². The van der Waals surface area contributed by atoms with E-state index in [0.717, 1.165) is 15.4 Å². The summed E-state index contributed by atoms with van der Waals surface area (Å²) in [5.74, 6) is -0.233. The Morgan fingerprint density at radius 2 is 1.88 bits per heavy atom. The van der Waals surface area contributed by atoms with Crippen LogP contribution in [0.4, 0.5) is 5.69 Å². The lowest BCUT2D eigenvalue weighted by atomic mass is 10.1. The fraction of sp³-hybridized carbons (Fsp3) is 0.533. The predicted molar refractivity (Wildman–Crippen MR) is 97.4 cm³/mol. The largest absolute Gasteiger partial charge is 0.383 e. The number of hydrogen-bond acceptors (Lipinski definition) is 5. The second-order valence-corrected chi connectivity index (χ2v) is 7.57. The summed E-state index contributed by atoms with van der Waals surface area (Å²) in [5, 5.41) is 5.69. The molecule has 0 fully saturated rings. The topological polar surface area (TPSA) is 87.7 Å². The van der Waals surface area contributed by atoms with Gasteiger partial charge in [-0.3, -0.25) is 4.79 Å². The Morgan fingerprint density at radius 1 is 1.25 bits per heavy atom. The van der Waals surface area contributed by atoms with E-state index < -0.39 is 10.0 Å². The van der Waals surface area contributed by atoms with Crippen LogP contribution in [-0.2, 0) is 19.6 Å². The van der Waals surface area contributed by atoms with E-state index in [9.17, 15) is 13.2 Å². The van der Waals surface area contributed by atoms with Gasteiger partial charge in [-0.05, 0) is 37.1 Å². The highest BCUT2D eigenvalue weighted by Gasteiger charge is 2.20. The molecule has 9 heteroatoms. The summed E-state index contributed by atoms with van der Waals surface area (Å²) in [7, 11) is 0.988. The van der Waals surface area contributed by atoms with Crippen LogP contribution in [0.1, 0.15) is 11.1 Å². The van der Waals surface area contributed by atoms with Crippen molar-refractivity contribution in [1.29, 1.82) is 0 Å². The van der Waals surface area contributed by atoms with Gasteiger partial charge < -0.3 is 15.4 Å². The van der Waals surface area contributed by atoms with Gasteiger partial charge in [-0.15, -0.1) is 12.4 Å². The van der Waals surface area contributed by atoms with Crippen molar-refractivity contribution in [1.82, 2.24) is 9.62 Å². The van der Waals surface area contributed by atoms with Gasteiger partial charge in [0.15, 0.2) is 0 Å². The molecule has 0 unspecified atom stereocenters. The number of rotatable bonds is 8. The first-order chi connectivity index (χ1) is 10.7. The van der Waals surface area contributed by atoms with Crippen LogP contribution in [-0.4, -0.2) is 59.5 Å². The molecule has 0 heterocycles. The molecule has 0 aromatic heterocycles. The van der Waals surface area contributed by atoms with E-state index in [4.69, 9.17) is 4.74 Å². The first-order valence-corrected chi connectivity index (χ1v) is 8.67. The number of anilines is 1. The van der Waals surface area contributed by atoms with Gasteiger partial charge in [0, 0.05) is 33.4 Å². The zero-order chi connectivity index (χ0) is 17.6. The molecule has 1 rings (SSSR count). The number of amides is 1. The quantitative estimate of drug-likeness (QED) is 0.661. The summed E-state index contributed by atoms with van der Waals surface area (Å²) in [6, 6.07) is 3.10. The average Bonchev–Trinajstić information content (AvgIpc) is 2.47. The monoisotopic (exact) mass is 379 g/mol. The van der Waals surface area contributed by atoms with Gasteiger partial charge in [0.25, 0.3) is 0 Å². The molecule has 0 radical (unpaired) electrons. The first kappa shape index (κ1) is 22.8. The number of nitrogens with zero attached hydrogens (tertiary/aromatic N) is 1. The van der Waals surface area contributed by atoms with Gasteiger partial charge in [-0.25, -0.2) is 12.7 Å². The fourth-order valence-corrected chi connectivity index (χ4v) is 2.90. The maximum absolute atomic E-state index is 12.3. The molecule has 0 aliphatic rings. The number of benzene rings is 1. The highest BCUT2D eigenvalue weighted by Crippen LogP contribution is 2.25. The molecule has 24 heavy (non-hydrogen) atoms. The summed E-state index contributed by atoms with van der Waals surface area (Å²) in [4.78, 5) is 12.1. The lowest BCUT2D eigenvalue weighted by molar-refractivity contribution is -0.115. The second-order valence-electron chi connectivity index (χ2n) is 5.42. The highest BCUT2D eigenvalue weighted by molar-refractivity contribution is 7.89. The third-order valence-electron chi connectivity index (χ3n) is 3.46. The molecule has 7 nitrogen and oxygen atoms in total. The van der Waals surface area contributed by atoms with Gasteiger partial charge in [0.2, 0.25) is 15.9 Å². The standard InChI is InChI=1S/C15H25N3O4S.ClH/c1-11-8-13(23(20,21)18(3)4)9-14(12(11)2)17-15(19)10-16-6-7-22-5;/h8-9,16H,6-7,10H2,1-5H3,(H,17,19);1H. The Bertz CT molecular complexity index is 663. The third-order valence-corrected chi connectivity index (χ3v) is 5.25. The third kappa shape index (κ3) is 6.03. The SMILES string of the molecule is COCCNCC(=O)Nc1cc(S(=O)(=O)N(C)C)cc(C)c1C.Cl. The molecule has 0 bridgehead atoms. The fourth-order valence-electron chi connectivity index (χ4n) is 1.89. The maximum atomic E-state index is 12.3. The number of nitrogens with one attached hydrogen (secondary N) is 2. The van der Waals surface area contributed by atoms with Crippen molar-refractivity contribution < 1.29 is 17.9 Å². The normalized spacial score (nSPS) is 11.2. The van der Waals surface area contributed by atoms with Crippen LogP contribution < -0.4 is 10.6 Å². The summed E-state index contributed by atoms with van der Waals surface area (Å²) in [5.41, 5.74) is 2.15. The lowest BCUT2D eigenvalue weighted by Crippen LogP contribution is -2.30. The zero-order valence-corrected chi connectivity index (χ0v) is 16.3. The van der Waals surface area contributed by atoms with E-state index in [1.54, 1.807) is 13.2 Å². The molecule has 1 aromatic rings. The minimum atomic E-state index is -3.55. The van der Waals surface area contributed by atoms with Crippen molar-refractivity contribution in [2.75, 3.05) is 46.2 Å². The molecule has 0 atom stereocenters. The Hall–Kier alpha value is -1.19. The number of halogens is 1. The number of aryl methyl sites for hydroxylation is 1. The van der Waals surface area contributed by atoms with Gasteiger partial charge in [0.1, 0.15) is 0 Å². The molecular weight excluding hydrogens is 354 g/mol. The highest BCUT2D eigenvalue weighted by atomic mass is 35.5. The summed E-state index contributed by atoms with van der Waals surface area (Å²) in [6.07, 6.45) is 0. The molecule has 0 saturated carbocycles. The lowest BCUT2D eigenvalue weighted by Gasteiger charge is -2.16. The van der Waals surface area contributed by atoms with Gasteiger partial charge in [0.05, 0.1) is 18.0 Å². The van der Waals surface area contributed by atoms with E-state index in [1.807, 2.05) is 13.8 Å². The van der Waals surface area contributed by atoms with Crippen molar-refractivity contribution in [2.24, 2.45) is 0 Å². The average molecular weight is 380 g/mol. The van der Waals surface area contributed by atoms with E-state index in [0.29, 0.717) is 18.8 Å². The number of ether oxygens (including phenoxy) is 1. The van der Waals surface area contributed by atoms with Gasteiger partial charge in [-0.1, -0.05) is 0 Å². The van der Waals surface area contributed by atoms with Crippen LogP contribution in [0.3, 0.4) is 0 Å².